The molecule has 1 rings (SSSR count). The molecule has 0 atom stereocenters. The van der Waals surface area contributed by atoms with Crippen molar-refractivity contribution in [1.82, 2.24) is 0 Å². The summed E-state index contributed by atoms with van der Waals surface area (Å²) in [5.41, 5.74) is -0.802. The highest BCUT2D eigenvalue weighted by Gasteiger charge is 2.24. The molecule has 0 aliphatic carbocycles. The summed E-state index contributed by atoms with van der Waals surface area (Å²) in [7, 11) is 0. The van der Waals surface area contributed by atoms with Crippen LogP contribution in [-0.4, -0.2) is 16.6 Å². The maximum atomic E-state index is 13.1. The van der Waals surface area contributed by atoms with E-state index in [-0.39, 0.29) is 10.0 Å². The topological polar surface area (TPSA) is 60.2 Å². The normalized spacial score (nSPS) is 10.1. The molecule has 0 aromatic heterocycles. The Hall–Kier alpha value is -1.01. The number of benzene rings is 1. The lowest BCUT2D eigenvalue weighted by Gasteiger charge is -2.03. The van der Waals surface area contributed by atoms with E-state index in [1.165, 1.54) is 0 Å². The first-order chi connectivity index (χ1) is 6.99. The first-order valence-electron chi connectivity index (χ1n) is 3.70. The molecule has 0 aliphatic heterocycles. The van der Waals surface area contributed by atoms with Gasteiger partial charge in [-0.1, -0.05) is 0 Å². The van der Waals surface area contributed by atoms with E-state index < -0.39 is 28.1 Å². The minimum Gasteiger partial charge on any atom is -0.293 e. The van der Waals surface area contributed by atoms with Crippen molar-refractivity contribution < 1.29 is 14.1 Å². The Kier molecular flexibility index (Phi) is 3.76. The van der Waals surface area contributed by atoms with Gasteiger partial charge in [-0.3, -0.25) is 14.9 Å². The van der Waals surface area contributed by atoms with Crippen LogP contribution in [0.3, 0.4) is 0 Å². The average Bonchev–Trinajstić information content (AvgIpc) is 2.20. The predicted molar refractivity (Wildman–Crippen MR) is 55.8 cm³/mol. The van der Waals surface area contributed by atoms with E-state index in [2.05, 4.69) is 15.9 Å². The second kappa shape index (κ2) is 4.67. The largest absolute Gasteiger partial charge is 0.293 e. The van der Waals surface area contributed by atoms with Gasteiger partial charge < -0.3 is 0 Å². The lowest BCUT2D eigenvalue weighted by Crippen LogP contribution is -2.07. The maximum Gasteiger partial charge on any atom is 0.281 e. The molecule has 0 saturated heterocycles. The van der Waals surface area contributed by atoms with Crippen molar-refractivity contribution in [2.75, 3.05) is 5.88 Å². The van der Waals surface area contributed by atoms with Gasteiger partial charge in [0.2, 0.25) is 0 Å². The highest BCUT2D eigenvalue weighted by Crippen LogP contribution is 2.29. The summed E-state index contributed by atoms with van der Waals surface area (Å²) in [5.74, 6) is -1.88. The molecule has 0 aliphatic rings. The van der Waals surface area contributed by atoms with E-state index in [4.69, 9.17) is 11.6 Å². The molecule has 0 bridgehead atoms. The number of nitrogens with zero attached hydrogens (tertiary/aromatic N) is 1. The Bertz CT molecular complexity index is 438. The van der Waals surface area contributed by atoms with Crippen LogP contribution in [0.4, 0.5) is 10.1 Å². The lowest BCUT2D eigenvalue weighted by molar-refractivity contribution is -0.385. The van der Waals surface area contributed by atoms with Crippen LogP contribution in [-0.2, 0) is 0 Å². The SMILES string of the molecule is O=C(CCl)c1c([N+](=O)[O-])ccc(F)c1Br. The van der Waals surface area contributed by atoms with Crippen LogP contribution in [0.15, 0.2) is 16.6 Å². The zero-order chi connectivity index (χ0) is 11.6. The van der Waals surface area contributed by atoms with E-state index in [1.807, 2.05) is 0 Å². The van der Waals surface area contributed by atoms with Crippen LogP contribution < -0.4 is 0 Å². The van der Waals surface area contributed by atoms with E-state index in [0.717, 1.165) is 12.1 Å². The maximum absolute atomic E-state index is 13.1. The number of Topliss-reactive ketones (excluding diaryl/α,β-unsaturated/α-hetero) is 1. The molecule has 0 radical (unpaired) electrons. The van der Waals surface area contributed by atoms with Gasteiger partial charge in [0.15, 0.2) is 5.78 Å². The Labute approximate surface area is 97.3 Å². The summed E-state index contributed by atoms with van der Waals surface area (Å²) in [5, 5.41) is 10.6. The van der Waals surface area contributed by atoms with E-state index in [1.54, 1.807) is 0 Å². The summed E-state index contributed by atoms with van der Waals surface area (Å²) in [4.78, 5) is 21.1. The fourth-order valence-electron chi connectivity index (χ4n) is 1.02. The molecule has 1 aromatic rings. The highest BCUT2D eigenvalue weighted by atomic mass is 79.9. The molecule has 0 fully saturated rings. The zero-order valence-electron chi connectivity index (χ0n) is 7.17. The number of nitro groups is 1. The summed E-state index contributed by atoms with van der Waals surface area (Å²) in [6, 6.07) is 1.84. The molecule has 4 nitrogen and oxygen atoms in total. The van der Waals surface area contributed by atoms with Crippen molar-refractivity contribution in [3.63, 3.8) is 0 Å². The van der Waals surface area contributed by atoms with Crippen molar-refractivity contribution >= 4 is 39.0 Å². The molecule has 0 unspecified atom stereocenters. The van der Waals surface area contributed by atoms with Gasteiger partial charge in [-0.15, -0.1) is 11.6 Å². The summed E-state index contributed by atoms with van der Waals surface area (Å²) >= 11 is 8.05. The molecule has 1 aromatic carbocycles. The summed E-state index contributed by atoms with van der Waals surface area (Å²) in [6.45, 7) is 0. The zero-order valence-corrected chi connectivity index (χ0v) is 9.51. The number of hydrogen-bond donors (Lipinski definition) is 0. The number of alkyl halides is 1. The predicted octanol–water partition coefficient (Wildman–Crippen LogP) is 2.92. The van der Waals surface area contributed by atoms with Gasteiger partial charge in [-0.2, -0.15) is 0 Å². The smallest absolute Gasteiger partial charge is 0.281 e. The Morgan fingerprint density at radius 1 is 1.60 bits per heavy atom. The number of carbonyl (C=O) groups excluding carboxylic acids is 1. The van der Waals surface area contributed by atoms with E-state index in [9.17, 15) is 19.3 Å². The number of hydrogen-bond acceptors (Lipinski definition) is 3. The first-order valence-corrected chi connectivity index (χ1v) is 5.03. The monoisotopic (exact) mass is 295 g/mol. The van der Waals surface area contributed by atoms with Crippen LogP contribution >= 0.6 is 27.5 Å². The molecular weight excluding hydrogens is 292 g/mol. The molecule has 7 heteroatoms. The standard InChI is InChI=1S/C8H4BrClFNO3/c9-8-4(11)1-2-5(12(14)15)7(8)6(13)3-10/h1-2H,3H2. The number of halogens is 3. The number of nitro benzene ring substituents is 1. The molecule has 0 heterocycles. The van der Waals surface area contributed by atoms with Gasteiger partial charge in [0.05, 0.1) is 15.3 Å². The molecule has 80 valence electrons. The molecule has 0 saturated carbocycles. The van der Waals surface area contributed by atoms with Crippen LogP contribution in [0.1, 0.15) is 10.4 Å². The quantitative estimate of drug-likeness (QED) is 0.373. The van der Waals surface area contributed by atoms with Gasteiger partial charge in [-0.05, 0) is 22.0 Å². The fraction of sp³-hybridized carbons (Fsp3) is 0.125. The second-order valence-corrected chi connectivity index (χ2v) is 3.63. The van der Waals surface area contributed by atoms with Gasteiger partial charge in [0.25, 0.3) is 5.69 Å². The number of rotatable bonds is 3. The van der Waals surface area contributed by atoms with E-state index >= 15 is 0 Å². The average molecular weight is 296 g/mol. The summed E-state index contributed by atoms with van der Waals surface area (Å²) in [6.07, 6.45) is 0. The third-order valence-corrected chi connectivity index (χ3v) is 2.69. The molecule has 0 amide bonds. The van der Waals surface area contributed by atoms with Crippen LogP contribution in [0.5, 0.6) is 0 Å². The molecule has 0 spiro atoms. The fourth-order valence-corrected chi connectivity index (χ4v) is 1.71. The Morgan fingerprint density at radius 3 is 2.67 bits per heavy atom. The lowest BCUT2D eigenvalue weighted by atomic mass is 10.1. The van der Waals surface area contributed by atoms with Crippen molar-refractivity contribution in [2.45, 2.75) is 0 Å². The van der Waals surface area contributed by atoms with Gasteiger partial charge in [-0.25, -0.2) is 4.39 Å². The van der Waals surface area contributed by atoms with E-state index in [0.29, 0.717) is 0 Å². The molecule has 0 N–H and O–H groups in total. The minimum atomic E-state index is -0.760. The second-order valence-electron chi connectivity index (χ2n) is 2.57. The van der Waals surface area contributed by atoms with Crippen molar-refractivity contribution in [1.29, 1.82) is 0 Å². The Morgan fingerprint density at radius 2 is 2.20 bits per heavy atom. The van der Waals surface area contributed by atoms with Crippen molar-refractivity contribution in [3.8, 4) is 0 Å². The van der Waals surface area contributed by atoms with Crippen LogP contribution in [0.2, 0.25) is 0 Å². The van der Waals surface area contributed by atoms with Crippen molar-refractivity contribution in [2.24, 2.45) is 0 Å². The third kappa shape index (κ3) is 2.32. The highest BCUT2D eigenvalue weighted by molar-refractivity contribution is 9.10. The summed E-state index contributed by atoms with van der Waals surface area (Å²) < 4.78 is 12.8. The van der Waals surface area contributed by atoms with Gasteiger partial charge in [0.1, 0.15) is 11.4 Å². The third-order valence-electron chi connectivity index (χ3n) is 1.67. The number of ketones is 1. The first kappa shape index (κ1) is 12.1. The van der Waals surface area contributed by atoms with Gasteiger partial charge >= 0.3 is 0 Å². The minimum absolute atomic E-state index is 0.234. The number of carbonyl (C=O) groups is 1. The van der Waals surface area contributed by atoms with Crippen molar-refractivity contribution in [3.05, 3.63) is 38.1 Å². The molecule has 15 heavy (non-hydrogen) atoms. The van der Waals surface area contributed by atoms with Gasteiger partial charge in [0, 0.05) is 6.07 Å². The van der Waals surface area contributed by atoms with Crippen LogP contribution in [0, 0.1) is 15.9 Å². The van der Waals surface area contributed by atoms with Crippen LogP contribution in [0.25, 0.3) is 0 Å². The molecular formula is C8H4BrClFNO3. The Balaban J connectivity index is 3.48.